The molecule has 0 aromatic heterocycles. The number of carbonyl (C=O) groups excluding carboxylic acids is 3. The SMILES string of the molecule is O=C(C[C@H]1C(=O)NCCN1C(=S)NC(=O)c1cccc([N+](=O)[O-])c1)OCCc1ccccc1. The van der Waals surface area contributed by atoms with E-state index < -0.39 is 28.7 Å². The highest BCUT2D eigenvalue weighted by Gasteiger charge is 2.34. The van der Waals surface area contributed by atoms with Crippen LogP contribution in [0.4, 0.5) is 5.69 Å². The number of esters is 1. The first kappa shape index (κ1) is 23.8. The van der Waals surface area contributed by atoms with Crippen LogP contribution < -0.4 is 10.6 Å². The van der Waals surface area contributed by atoms with Crippen LogP contribution in [0.5, 0.6) is 0 Å². The number of hydrogen-bond acceptors (Lipinski definition) is 7. The van der Waals surface area contributed by atoms with Crippen LogP contribution in [-0.4, -0.2) is 58.5 Å². The van der Waals surface area contributed by atoms with Gasteiger partial charge in [0.2, 0.25) is 5.91 Å². The lowest BCUT2D eigenvalue weighted by Gasteiger charge is -2.36. The van der Waals surface area contributed by atoms with Gasteiger partial charge in [0.1, 0.15) is 6.04 Å². The van der Waals surface area contributed by atoms with Gasteiger partial charge in [-0.05, 0) is 23.8 Å². The molecule has 1 aliphatic rings. The summed E-state index contributed by atoms with van der Waals surface area (Å²) in [4.78, 5) is 49.0. The first-order valence-corrected chi connectivity index (χ1v) is 10.6. The number of carbonyl (C=O) groups is 3. The molecule has 0 spiro atoms. The van der Waals surface area contributed by atoms with Crippen molar-refractivity contribution in [2.24, 2.45) is 0 Å². The van der Waals surface area contributed by atoms with E-state index in [-0.39, 0.29) is 42.5 Å². The van der Waals surface area contributed by atoms with Crippen molar-refractivity contribution in [1.29, 1.82) is 0 Å². The number of nitrogens with zero attached hydrogens (tertiary/aromatic N) is 2. The van der Waals surface area contributed by atoms with E-state index in [0.717, 1.165) is 11.6 Å². The van der Waals surface area contributed by atoms with Crippen LogP contribution in [0.15, 0.2) is 54.6 Å². The van der Waals surface area contributed by atoms with Crippen molar-refractivity contribution < 1.29 is 24.0 Å². The van der Waals surface area contributed by atoms with Crippen molar-refractivity contribution in [3.05, 3.63) is 75.8 Å². The Morgan fingerprint density at radius 3 is 2.70 bits per heavy atom. The molecule has 2 amide bonds. The number of benzene rings is 2. The van der Waals surface area contributed by atoms with Gasteiger partial charge in [-0.25, -0.2) is 0 Å². The minimum absolute atomic E-state index is 0.0462. The van der Waals surface area contributed by atoms with Crippen LogP contribution in [0.2, 0.25) is 0 Å². The minimum Gasteiger partial charge on any atom is -0.465 e. The summed E-state index contributed by atoms with van der Waals surface area (Å²) in [5.74, 6) is -1.63. The van der Waals surface area contributed by atoms with Gasteiger partial charge < -0.3 is 15.0 Å². The van der Waals surface area contributed by atoms with E-state index in [2.05, 4.69) is 10.6 Å². The number of nitrogens with one attached hydrogen (secondary N) is 2. The van der Waals surface area contributed by atoms with Crippen LogP contribution in [-0.2, 0) is 20.7 Å². The fourth-order valence-electron chi connectivity index (χ4n) is 3.31. The molecule has 0 radical (unpaired) electrons. The lowest BCUT2D eigenvalue weighted by Crippen LogP contribution is -2.60. The second kappa shape index (κ2) is 11.1. The Labute approximate surface area is 195 Å². The van der Waals surface area contributed by atoms with Gasteiger partial charge in [0.25, 0.3) is 11.6 Å². The molecule has 1 aliphatic heterocycles. The topological polar surface area (TPSA) is 131 Å². The monoisotopic (exact) mass is 470 g/mol. The van der Waals surface area contributed by atoms with Gasteiger partial charge in [0.15, 0.2) is 5.11 Å². The molecule has 1 saturated heterocycles. The normalized spacial score (nSPS) is 15.3. The van der Waals surface area contributed by atoms with E-state index in [1.165, 1.54) is 23.1 Å². The molecular formula is C22H22N4O6S. The summed E-state index contributed by atoms with van der Waals surface area (Å²) < 4.78 is 5.27. The molecule has 2 N–H and O–H groups in total. The summed E-state index contributed by atoms with van der Waals surface area (Å²) in [7, 11) is 0. The zero-order valence-corrected chi connectivity index (χ0v) is 18.4. The molecule has 1 heterocycles. The summed E-state index contributed by atoms with van der Waals surface area (Å²) in [5, 5.41) is 16.0. The van der Waals surface area contributed by atoms with Crippen molar-refractivity contribution in [2.75, 3.05) is 19.7 Å². The second-order valence-corrected chi connectivity index (χ2v) is 7.61. The summed E-state index contributed by atoms with van der Waals surface area (Å²) >= 11 is 5.30. The lowest BCUT2D eigenvalue weighted by atomic mass is 10.1. The smallest absolute Gasteiger partial charge is 0.308 e. The van der Waals surface area contributed by atoms with E-state index in [1.807, 2.05) is 30.3 Å². The van der Waals surface area contributed by atoms with Crippen molar-refractivity contribution in [2.45, 2.75) is 18.9 Å². The molecule has 172 valence electrons. The van der Waals surface area contributed by atoms with Crippen LogP contribution >= 0.6 is 12.2 Å². The van der Waals surface area contributed by atoms with Crippen molar-refractivity contribution in [3.63, 3.8) is 0 Å². The van der Waals surface area contributed by atoms with Crippen molar-refractivity contribution in [3.8, 4) is 0 Å². The third kappa shape index (κ3) is 6.56. The highest BCUT2D eigenvalue weighted by Crippen LogP contribution is 2.14. The van der Waals surface area contributed by atoms with Crippen LogP contribution in [0, 0.1) is 10.1 Å². The van der Waals surface area contributed by atoms with Gasteiger partial charge in [0.05, 0.1) is 18.0 Å². The van der Waals surface area contributed by atoms with Gasteiger partial charge in [-0.2, -0.15) is 0 Å². The summed E-state index contributed by atoms with van der Waals surface area (Å²) in [5.41, 5.74) is 0.833. The summed E-state index contributed by atoms with van der Waals surface area (Å²) in [6, 6.07) is 13.8. The number of thiocarbonyl (C=S) groups is 1. The Hall–Kier alpha value is -3.86. The lowest BCUT2D eigenvalue weighted by molar-refractivity contribution is -0.384. The molecule has 33 heavy (non-hydrogen) atoms. The number of ether oxygens (including phenoxy) is 1. The molecule has 0 unspecified atom stereocenters. The molecule has 3 rings (SSSR count). The van der Waals surface area contributed by atoms with Gasteiger partial charge in [-0.1, -0.05) is 36.4 Å². The Kier molecular flexibility index (Phi) is 8.03. The minimum atomic E-state index is -0.944. The molecule has 0 bridgehead atoms. The molecule has 1 atom stereocenters. The maximum Gasteiger partial charge on any atom is 0.308 e. The van der Waals surface area contributed by atoms with E-state index in [4.69, 9.17) is 17.0 Å². The zero-order valence-electron chi connectivity index (χ0n) is 17.6. The molecule has 0 saturated carbocycles. The zero-order chi connectivity index (χ0) is 23.8. The standard InChI is InChI=1S/C22H22N4O6S/c27-19(32-12-9-15-5-2-1-3-6-15)14-18-21(29)23-10-11-25(18)22(33)24-20(28)16-7-4-8-17(13-16)26(30)31/h1-8,13,18H,9-12,14H2,(H,23,29)(H,24,28,33)/t18-/m0/s1. The first-order valence-electron chi connectivity index (χ1n) is 10.2. The van der Waals surface area contributed by atoms with Gasteiger partial charge in [-0.15, -0.1) is 0 Å². The third-order valence-electron chi connectivity index (χ3n) is 4.99. The number of rotatable bonds is 7. The van der Waals surface area contributed by atoms with Crippen LogP contribution in [0.25, 0.3) is 0 Å². The quantitative estimate of drug-likeness (QED) is 0.270. The molecule has 1 fully saturated rings. The number of piperazine rings is 1. The fraction of sp³-hybridized carbons (Fsp3) is 0.273. The highest BCUT2D eigenvalue weighted by atomic mass is 32.1. The molecular weight excluding hydrogens is 448 g/mol. The van der Waals surface area contributed by atoms with Crippen LogP contribution in [0.3, 0.4) is 0 Å². The molecule has 10 nitrogen and oxygen atoms in total. The number of nitro benzene ring substituents is 1. The predicted octanol–water partition coefficient (Wildman–Crippen LogP) is 1.59. The highest BCUT2D eigenvalue weighted by molar-refractivity contribution is 7.80. The number of hydrogen-bond donors (Lipinski definition) is 2. The number of nitro groups is 1. The third-order valence-corrected chi connectivity index (χ3v) is 5.32. The van der Waals surface area contributed by atoms with E-state index >= 15 is 0 Å². The summed E-state index contributed by atoms with van der Waals surface area (Å²) in [6.45, 7) is 0.734. The predicted molar refractivity (Wildman–Crippen MR) is 122 cm³/mol. The maximum absolute atomic E-state index is 12.5. The summed E-state index contributed by atoms with van der Waals surface area (Å²) in [6.07, 6.45) is 0.304. The molecule has 2 aromatic rings. The number of non-ortho nitro benzene ring substituents is 1. The molecule has 2 aromatic carbocycles. The van der Waals surface area contributed by atoms with E-state index in [1.54, 1.807) is 0 Å². The van der Waals surface area contributed by atoms with Gasteiger partial charge >= 0.3 is 5.97 Å². The molecule has 0 aliphatic carbocycles. The van der Waals surface area contributed by atoms with E-state index in [9.17, 15) is 24.5 Å². The number of amides is 2. The van der Waals surface area contributed by atoms with Gasteiger partial charge in [-0.3, -0.25) is 29.8 Å². The Morgan fingerprint density at radius 2 is 1.97 bits per heavy atom. The maximum atomic E-state index is 12.5. The Morgan fingerprint density at radius 1 is 1.21 bits per heavy atom. The van der Waals surface area contributed by atoms with Gasteiger partial charge in [0, 0.05) is 37.2 Å². The van der Waals surface area contributed by atoms with Crippen molar-refractivity contribution in [1.82, 2.24) is 15.5 Å². The van der Waals surface area contributed by atoms with Crippen molar-refractivity contribution >= 4 is 40.8 Å². The van der Waals surface area contributed by atoms with E-state index in [0.29, 0.717) is 6.42 Å². The average Bonchev–Trinajstić information content (AvgIpc) is 2.81. The first-order chi connectivity index (χ1) is 15.8. The largest absolute Gasteiger partial charge is 0.465 e. The Balaban J connectivity index is 1.59. The fourth-order valence-corrected chi connectivity index (χ4v) is 3.62. The Bertz CT molecular complexity index is 1060. The molecule has 11 heteroatoms. The average molecular weight is 471 g/mol. The second-order valence-electron chi connectivity index (χ2n) is 7.23. The van der Waals surface area contributed by atoms with Crippen LogP contribution in [0.1, 0.15) is 22.3 Å².